The topological polar surface area (TPSA) is 74.8 Å². The fraction of sp³-hybridized carbons (Fsp3) is 0.286. The second-order valence-corrected chi connectivity index (χ2v) is 7.17. The zero-order valence-corrected chi connectivity index (χ0v) is 14.9. The summed E-state index contributed by atoms with van der Waals surface area (Å²) in [5, 5.41) is 3.97. The van der Waals surface area contributed by atoms with Crippen molar-refractivity contribution in [1.29, 1.82) is 0 Å². The molecule has 3 aromatic rings. The largest absolute Gasteiger partial charge is 0.355 e. The third-order valence-corrected chi connectivity index (χ3v) is 5.38. The van der Waals surface area contributed by atoms with Gasteiger partial charge >= 0.3 is 0 Å². The zero-order chi connectivity index (χ0) is 18.3. The first-order valence-corrected chi connectivity index (χ1v) is 8.87. The fourth-order valence-corrected chi connectivity index (χ4v) is 3.81. The fourth-order valence-electron chi connectivity index (χ4n) is 3.81. The predicted molar refractivity (Wildman–Crippen MR) is 102 cm³/mol. The lowest BCUT2D eigenvalue weighted by Crippen LogP contribution is -2.49. The number of aryl methyl sites for hydroxylation is 1. The Labute approximate surface area is 151 Å². The van der Waals surface area contributed by atoms with E-state index in [0.717, 1.165) is 34.1 Å². The maximum Gasteiger partial charge on any atom is 0.252 e. The van der Waals surface area contributed by atoms with Gasteiger partial charge in [0.05, 0.1) is 10.9 Å². The average molecular weight is 347 g/mol. The molecule has 0 bridgehead atoms. The average Bonchev–Trinajstić information content (AvgIpc) is 2.64. The third-order valence-electron chi connectivity index (χ3n) is 5.38. The minimum Gasteiger partial charge on any atom is -0.355 e. The molecule has 1 fully saturated rings. The minimum absolute atomic E-state index is 0.0762. The van der Waals surface area contributed by atoms with E-state index in [-0.39, 0.29) is 11.5 Å². The van der Waals surface area contributed by atoms with Crippen LogP contribution in [0.15, 0.2) is 47.4 Å². The van der Waals surface area contributed by atoms with Gasteiger partial charge in [-0.2, -0.15) is 0 Å². The molecular formula is C21H21N3O2. The number of aromatic amines is 1. The number of benzene rings is 1. The Kier molecular flexibility index (Phi) is 3.87. The van der Waals surface area contributed by atoms with Gasteiger partial charge in [0.1, 0.15) is 0 Å². The molecule has 0 spiro atoms. The number of carbonyl (C=O) groups excluding carboxylic acids is 1. The maximum absolute atomic E-state index is 12.8. The summed E-state index contributed by atoms with van der Waals surface area (Å²) in [6.07, 6.45) is 3.32. The molecule has 0 radical (unpaired) electrons. The molecular weight excluding hydrogens is 326 g/mol. The zero-order valence-electron chi connectivity index (χ0n) is 14.9. The number of pyridine rings is 2. The Bertz CT molecular complexity index is 1070. The summed E-state index contributed by atoms with van der Waals surface area (Å²) < 4.78 is 0. The van der Waals surface area contributed by atoms with Crippen molar-refractivity contribution < 1.29 is 4.79 Å². The van der Waals surface area contributed by atoms with Crippen molar-refractivity contribution in [3.8, 4) is 11.3 Å². The number of amides is 1. The molecule has 1 amide bonds. The van der Waals surface area contributed by atoms with Crippen molar-refractivity contribution in [1.82, 2.24) is 15.3 Å². The molecule has 1 aromatic carbocycles. The number of fused-ring (bicyclic) bond motifs is 1. The summed E-state index contributed by atoms with van der Waals surface area (Å²) in [7, 11) is 0. The molecule has 0 aliphatic carbocycles. The van der Waals surface area contributed by atoms with E-state index < -0.39 is 5.41 Å². The van der Waals surface area contributed by atoms with E-state index in [1.54, 1.807) is 12.3 Å². The Hall–Kier alpha value is -2.95. The van der Waals surface area contributed by atoms with Crippen LogP contribution in [0.2, 0.25) is 0 Å². The predicted octanol–water partition coefficient (Wildman–Crippen LogP) is 3.07. The first-order chi connectivity index (χ1) is 12.5. The van der Waals surface area contributed by atoms with Crippen LogP contribution in [0.3, 0.4) is 0 Å². The molecule has 4 rings (SSSR count). The molecule has 3 heterocycles. The Morgan fingerprint density at radius 1 is 1.15 bits per heavy atom. The van der Waals surface area contributed by atoms with Gasteiger partial charge in [-0.05, 0) is 56.5 Å². The summed E-state index contributed by atoms with van der Waals surface area (Å²) in [6, 6.07) is 11.6. The van der Waals surface area contributed by atoms with Gasteiger partial charge in [0, 0.05) is 34.9 Å². The highest BCUT2D eigenvalue weighted by Gasteiger charge is 2.39. The number of hydrogen-bond acceptors (Lipinski definition) is 3. The molecule has 5 nitrogen and oxygen atoms in total. The number of hydrogen-bond donors (Lipinski definition) is 2. The van der Waals surface area contributed by atoms with E-state index in [1.165, 1.54) is 0 Å². The van der Waals surface area contributed by atoms with E-state index >= 15 is 0 Å². The molecule has 1 saturated heterocycles. The molecule has 0 unspecified atom stereocenters. The highest BCUT2D eigenvalue weighted by atomic mass is 16.2. The standard InChI is InChI=1S/C21H21N3O2/c1-13-11-14(12-18-15(13)5-3-9-22-18)17-7-6-16(19(25)24-17)21(2)8-4-10-23-20(21)26/h3,5-7,9,11-12H,4,8,10H2,1-2H3,(H,23,26)(H,24,25)/t21-/m1/s1. The lowest BCUT2D eigenvalue weighted by molar-refractivity contribution is -0.128. The molecule has 1 aliphatic heterocycles. The van der Waals surface area contributed by atoms with E-state index in [9.17, 15) is 9.59 Å². The van der Waals surface area contributed by atoms with Gasteiger partial charge in [0.15, 0.2) is 0 Å². The Morgan fingerprint density at radius 3 is 2.77 bits per heavy atom. The molecule has 0 saturated carbocycles. The molecule has 2 aromatic heterocycles. The first kappa shape index (κ1) is 16.5. The summed E-state index contributed by atoms with van der Waals surface area (Å²) in [6.45, 7) is 4.55. The first-order valence-electron chi connectivity index (χ1n) is 8.87. The summed E-state index contributed by atoms with van der Waals surface area (Å²) in [5.74, 6) is -0.0762. The van der Waals surface area contributed by atoms with Crippen molar-refractivity contribution >= 4 is 16.8 Å². The lowest BCUT2D eigenvalue weighted by Gasteiger charge is -2.32. The monoisotopic (exact) mass is 347 g/mol. The number of carbonyl (C=O) groups is 1. The van der Waals surface area contributed by atoms with Crippen molar-refractivity contribution in [2.45, 2.75) is 32.1 Å². The molecule has 1 aliphatic rings. The van der Waals surface area contributed by atoms with Crippen LogP contribution in [0.25, 0.3) is 22.2 Å². The quantitative estimate of drug-likeness (QED) is 0.748. The maximum atomic E-state index is 12.8. The minimum atomic E-state index is -0.773. The second-order valence-electron chi connectivity index (χ2n) is 7.17. The van der Waals surface area contributed by atoms with Gasteiger partial charge in [-0.25, -0.2) is 0 Å². The highest BCUT2D eigenvalue weighted by Crippen LogP contribution is 2.31. The van der Waals surface area contributed by atoms with Crippen LogP contribution in [-0.2, 0) is 10.2 Å². The Balaban J connectivity index is 1.79. The normalized spacial score (nSPS) is 20.2. The molecule has 5 heteroatoms. The van der Waals surface area contributed by atoms with E-state index in [2.05, 4.69) is 15.3 Å². The van der Waals surface area contributed by atoms with Crippen LogP contribution in [0.5, 0.6) is 0 Å². The molecule has 2 N–H and O–H groups in total. The van der Waals surface area contributed by atoms with Crippen LogP contribution in [0.4, 0.5) is 0 Å². The number of nitrogens with zero attached hydrogens (tertiary/aromatic N) is 1. The van der Waals surface area contributed by atoms with Gasteiger partial charge in [-0.15, -0.1) is 0 Å². The van der Waals surface area contributed by atoms with Crippen LogP contribution < -0.4 is 10.9 Å². The van der Waals surface area contributed by atoms with Crippen LogP contribution in [0, 0.1) is 6.92 Å². The molecule has 1 atom stereocenters. The summed E-state index contributed by atoms with van der Waals surface area (Å²) in [4.78, 5) is 32.5. The number of H-pyrrole nitrogens is 1. The number of rotatable bonds is 2. The molecule has 26 heavy (non-hydrogen) atoms. The number of aromatic nitrogens is 2. The smallest absolute Gasteiger partial charge is 0.252 e. The van der Waals surface area contributed by atoms with Crippen molar-refractivity contribution in [3.05, 3.63) is 64.1 Å². The second kappa shape index (κ2) is 6.09. The van der Waals surface area contributed by atoms with Gasteiger partial charge in [0.25, 0.3) is 5.56 Å². The van der Waals surface area contributed by atoms with E-state index in [4.69, 9.17) is 0 Å². The summed E-state index contributed by atoms with van der Waals surface area (Å²) in [5.41, 5.74) is 3.19. The SMILES string of the molecule is Cc1cc(-c2ccc([C@@]3(C)CCCNC3=O)c(=O)[nH]2)cc2ncccc12. The Morgan fingerprint density at radius 2 is 2.00 bits per heavy atom. The lowest BCUT2D eigenvalue weighted by atomic mass is 9.76. The summed E-state index contributed by atoms with van der Waals surface area (Å²) >= 11 is 0. The van der Waals surface area contributed by atoms with Gasteiger partial charge in [-0.1, -0.05) is 12.1 Å². The highest BCUT2D eigenvalue weighted by molar-refractivity contribution is 5.89. The van der Waals surface area contributed by atoms with Crippen molar-refractivity contribution in [2.24, 2.45) is 0 Å². The van der Waals surface area contributed by atoms with Crippen LogP contribution >= 0.6 is 0 Å². The third kappa shape index (κ3) is 2.60. The van der Waals surface area contributed by atoms with E-state index in [1.807, 2.05) is 44.2 Å². The van der Waals surface area contributed by atoms with Crippen LogP contribution in [0.1, 0.15) is 30.9 Å². The van der Waals surface area contributed by atoms with Gasteiger partial charge in [-0.3, -0.25) is 14.6 Å². The van der Waals surface area contributed by atoms with Crippen molar-refractivity contribution in [3.63, 3.8) is 0 Å². The van der Waals surface area contributed by atoms with Crippen LogP contribution in [-0.4, -0.2) is 22.4 Å². The van der Waals surface area contributed by atoms with Gasteiger partial charge < -0.3 is 10.3 Å². The van der Waals surface area contributed by atoms with E-state index in [0.29, 0.717) is 18.5 Å². The van der Waals surface area contributed by atoms with Crippen molar-refractivity contribution in [2.75, 3.05) is 6.54 Å². The molecule has 132 valence electrons. The number of piperidine rings is 1. The number of nitrogens with one attached hydrogen (secondary N) is 2. The van der Waals surface area contributed by atoms with Gasteiger partial charge in [0.2, 0.25) is 5.91 Å².